The number of hydrogen-bond acceptors (Lipinski definition) is 6. The van der Waals surface area contributed by atoms with Crippen LogP contribution in [0.5, 0.6) is 0 Å². The van der Waals surface area contributed by atoms with Gasteiger partial charge in [-0.1, -0.05) is 0 Å². The second-order valence-corrected chi connectivity index (χ2v) is 6.37. The number of nitrogens with one attached hydrogen (secondary N) is 1. The van der Waals surface area contributed by atoms with Crippen molar-refractivity contribution in [1.29, 1.82) is 0 Å². The van der Waals surface area contributed by atoms with Crippen molar-refractivity contribution < 1.29 is 32.6 Å². The van der Waals surface area contributed by atoms with Crippen molar-refractivity contribution in [1.82, 2.24) is 9.62 Å². The number of sulfonamides is 1. The van der Waals surface area contributed by atoms with Gasteiger partial charge in [0.1, 0.15) is 6.04 Å². The average Bonchev–Trinajstić information content (AvgIpc) is 2.87. The normalized spacial score (nSPS) is 13.1. The number of carbonyl (C=O) groups excluding carboxylic acids is 1. The Morgan fingerprint density at radius 1 is 1.38 bits per heavy atom. The minimum absolute atomic E-state index is 0.176. The fourth-order valence-corrected chi connectivity index (χ4v) is 2.17. The second kappa shape index (κ2) is 6.70. The highest BCUT2D eigenvalue weighted by Crippen LogP contribution is 2.17. The summed E-state index contributed by atoms with van der Waals surface area (Å²) in [7, 11) is -1.20. The van der Waals surface area contributed by atoms with E-state index < -0.39 is 39.6 Å². The predicted octanol–water partition coefficient (Wildman–Crippen LogP) is -0.905. The Morgan fingerprint density at radius 3 is 2.48 bits per heavy atom. The van der Waals surface area contributed by atoms with Gasteiger partial charge in [0.05, 0.1) is 0 Å². The van der Waals surface area contributed by atoms with Gasteiger partial charge in [-0.25, -0.2) is 17.5 Å². The molecule has 0 aliphatic carbocycles. The third-order valence-electron chi connectivity index (χ3n) is 2.56. The maximum Gasteiger partial charge on any atom is 0.326 e. The first kappa shape index (κ1) is 17.1. The fourth-order valence-electron chi connectivity index (χ4n) is 1.38. The highest BCUT2D eigenvalue weighted by atomic mass is 32.2. The number of carboxylic acids is 1. The van der Waals surface area contributed by atoms with Crippen LogP contribution in [0.3, 0.4) is 0 Å². The van der Waals surface area contributed by atoms with Crippen LogP contribution in [0.2, 0.25) is 0 Å². The summed E-state index contributed by atoms with van der Waals surface area (Å²) >= 11 is 0. The lowest BCUT2D eigenvalue weighted by Crippen LogP contribution is -2.41. The van der Waals surface area contributed by atoms with Gasteiger partial charge in [-0.15, -0.1) is 0 Å². The predicted molar refractivity (Wildman–Crippen MR) is 70.2 cm³/mol. The van der Waals surface area contributed by atoms with Crippen LogP contribution in [0.4, 0.5) is 0 Å². The smallest absolute Gasteiger partial charge is 0.326 e. The van der Waals surface area contributed by atoms with E-state index in [4.69, 9.17) is 14.6 Å². The van der Waals surface area contributed by atoms with Crippen molar-refractivity contribution in [3.63, 3.8) is 0 Å². The van der Waals surface area contributed by atoms with E-state index in [2.05, 4.69) is 5.32 Å². The van der Waals surface area contributed by atoms with Crippen molar-refractivity contribution in [3.8, 4) is 0 Å². The Balaban J connectivity index is 2.91. The molecule has 10 heteroatoms. The molecule has 1 aromatic rings. The van der Waals surface area contributed by atoms with E-state index in [-0.39, 0.29) is 12.2 Å². The maximum atomic E-state index is 11.8. The lowest BCUT2D eigenvalue weighted by atomic mass is 10.2. The van der Waals surface area contributed by atoms with Gasteiger partial charge in [0.25, 0.3) is 15.9 Å². The van der Waals surface area contributed by atoms with Gasteiger partial charge in [0.2, 0.25) is 5.09 Å². The minimum atomic E-state index is -3.81. The number of nitrogens with zero attached hydrogens (tertiary/aromatic N) is 1. The Morgan fingerprint density at radius 2 is 2.00 bits per heavy atom. The van der Waals surface area contributed by atoms with Gasteiger partial charge < -0.3 is 19.9 Å². The van der Waals surface area contributed by atoms with E-state index >= 15 is 0 Å². The number of carboxylic acid groups (broad SMARTS) is 1. The molecule has 1 amide bonds. The van der Waals surface area contributed by atoms with Gasteiger partial charge >= 0.3 is 5.97 Å². The molecule has 0 saturated carbocycles. The molecule has 0 radical (unpaired) electrons. The molecule has 1 heterocycles. The number of amides is 1. The first-order chi connectivity index (χ1) is 9.70. The molecule has 0 saturated heterocycles. The highest BCUT2D eigenvalue weighted by Gasteiger charge is 2.25. The van der Waals surface area contributed by atoms with E-state index in [0.29, 0.717) is 0 Å². The Labute approximate surface area is 121 Å². The summed E-state index contributed by atoms with van der Waals surface area (Å²) in [6, 6.07) is 0.942. The maximum absolute atomic E-state index is 11.8. The third kappa shape index (κ3) is 4.03. The molecule has 0 spiro atoms. The number of rotatable bonds is 7. The summed E-state index contributed by atoms with van der Waals surface area (Å²) in [5.74, 6) is -2.53. The molecule has 0 unspecified atom stereocenters. The molecule has 0 aromatic carbocycles. The van der Waals surface area contributed by atoms with Crippen LogP contribution in [0.25, 0.3) is 0 Å². The SMILES string of the molecule is CN(C)S(=O)(=O)c1ccc(C(=O)N[C@H](CCO)C(=O)O)o1. The van der Waals surface area contributed by atoms with Gasteiger partial charge in [0.15, 0.2) is 5.76 Å². The molecule has 0 aliphatic heterocycles. The number of aliphatic carboxylic acids is 1. The summed E-state index contributed by atoms with van der Waals surface area (Å²) in [6.45, 7) is -0.421. The molecule has 21 heavy (non-hydrogen) atoms. The van der Waals surface area contributed by atoms with Gasteiger partial charge in [0, 0.05) is 27.1 Å². The van der Waals surface area contributed by atoms with E-state index in [1.165, 1.54) is 14.1 Å². The molecule has 3 N–H and O–H groups in total. The molecular formula is C11H16N2O7S. The highest BCUT2D eigenvalue weighted by molar-refractivity contribution is 7.88. The van der Waals surface area contributed by atoms with Gasteiger partial charge in [-0.05, 0) is 12.1 Å². The summed E-state index contributed by atoms with van der Waals surface area (Å²) < 4.78 is 29.4. The molecule has 9 nitrogen and oxygen atoms in total. The van der Waals surface area contributed by atoms with Crippen molar-refractivity contribution in [2.24, 2.45) is 0 Å². The summed E-state index contributed by atoms with van der Waals surface area (Å²) in [5, 5.41) is 19.3. The summed E-state index contributed by atoms with van der Waals surface area (Å²) in [4.78, 5) is 22.6. The quantitative estimate of drug-likeness (QED) is 0.591. The molecule has 0 aliphatic rings. The van der Waals surface area contributed by atoms with E-state index in [9.17, 15) is 18.0 Å². The number of aliphatic hydroxyl groups excluding tert-OH is 1. The Kier molecular flexibility index (Phi) is 5.47. The van der Waals surface area contributed by atoms with Crippen LogP contribution in [-0.4, -0.2) is 61.6 Å². The summed E-state index contributed by atoms with van der Waals surface area (Å²) in [5.41, 5.74) is 0. The number of hydrogen-bond donors (Lipinski definition) is 3. The number of furan rings is 1. The van der Waals surface area contributed by atoms with Crippen molar-refractivity contribution >= 4 is 21.9 Å². The third-order valence-corrected chi connectivity index (χ3v) is 4.25. The molecule has 1 atom stereocenters. The van der Waals surface area contributed by atoms with Crippen molar-refractivity contribution in [2.75, 3.05) is 20.7 Å². The second-order valence-electron chi connectivity index (χ2n) is 4.28. The van der Waals surface area contributed by atoms with Crippen LogP contribution >= 0.6 is 0 Å². The van der Waals surface area contributed by atoms with E-state index in [1.807, 2.05) is 0 Å². The molecular weight excluding hydrogens is 304 g/mol. The number of carbonyl (C=O) groups is 2. The zero-order chi connectivity index (χ0) is 16.2. The lowest BCUT2D eigenvalue weighted by molar-refractivity contribution is -0.139. The number of aliphatic hydroxyl groups is 1. The zero-order valence-electron chi connectivity index (χ0n) is 11.4. The van der Waals surface area contributed by atoms with Gasteiger partial charge in [-0.2, -0.15) is 0 Å². The van der Waals surface area contributed by atoms with Crippen LogP contribution in [0.15, 0.2) is 21.6 Å². The molecule has 0 fully saturated rings. The van der Waals surface area contributed by atoms with Crippen LogP contribution < -0.4 is 5.32 Å². The Hall–Kier alpha value is -1.91. The molecule has 118 valence electrons. The molecule has 0 bridgehead atoms. The van der Waals surface area contributed by atoms with Crippen LogP contribution in [0.1, 0.15) is 17.0 Å². The minimum Gasteiger partial charge on any atom is -0.480 e. The first-order valence-corrected chi connectivity index (χ1v) is 7.31. The average molecular weight is 320 g/mol. The standard InChI is InChI=1S/C11H16N2O7S/c1-13(2)21(18,19)9-4-3-8(20-9)10(15)12-7(5-6-14)11(16)17/h3-4,7,14H,5-6H2,1-2H3,(H,12,15)(H,16,17)/t7-/m1/s1. The zero-order valence-corrected chi connectivity index (χ0v) is 12.3. The van der Waals surface area contributed by atoms with Crippen LogP contribution in [0, 0.1) is 0 Å². The topological polar surface area (TPSA) is 137 Å². The lowest BCUT2D eigenvalue weighted by Gasteiger charge is -2.12. The Bertz CT molecular complexity index is 620. The fraction of sp³-hybridized carbons (Fsp3) is 0.455. The van der Waals surface area contributed by atoms with Crippen LogP contribution in [-0.2, 0) is 14.8 Å². The van der Waals surface area contributed by atoms with E-state index in [0.717, 1.165) is 16.4 Å². The molecule has 1 aromatic heterocycles. The van der Waals surface area contributed by atoms with Crippen molar-refractivity contribution in [3.05, 3.63) is 17.9 Å². The monoisotopic (exact) mass is 320 g/mol. The molecule has 1 rings (SSSR count). The first-order valence-electron chi connectivity index (χ1n) is 5.87. The van der Waals surface area contributed by atoms with Gasteiger partial charge in [-0.3, -0.25) is 4.79 Å². The largest absolute Gasteiger partial charge is 0.480 e. The summed E-state index contributed by atoms with van der Waals surface area (Å²) in [6.07, 6.45) is -0.176. The van der Waals surface area contributed by atoms with E-state index in [1.54, 1.807) is 0 Å². The van der Waals surface area contributed by atoms with Crippen molar-refractivity contribution in [2.45, 2.75) is 17.6 Å².